The van der Waals surface area contributed by atoms with Gasteiger partial charge >= 0.3 is 6.55 Å². The zero-order valence-corrected chi connectivity index (χ0v) is 11.3. The van der Waals surface area contributed by atoms with Crippen LogP contribution in [0, 0.1) is 0 Å². The standard InChI is InChI=1S/C12H18F2N4O2/c1-16(8-10-15-2-3-18(10)12(13)14)9-11(19)17-4-6-20-7-5-17/h2-3,12H,4-9H2,1H3. The van der Waals surface area contributed by atoms with Gasteiger partial charge in [-0.1, -0.05) is 0 Å². The molecule has 0 saturated carbocycles. The maximum absolute atomic E-state index is 12.7. The summed E-state index contributed by atoms with van der Waals surface area (Å²) >= 11 is 0. The van der Waals surface area contributed by atoms with Gasteiger partial charge in [0.2, 0.25) is 5.91 Å². The van der Waals surface area contributed by atoms with Crippen LogP contribution in [0.3, 0.4) is 0 Å². The van der Waals surface area contributed by atoms with Crippen LogP contribution in [-0.4, -0.2) is 65.2 Å². The molecule has 0 atom stereocenters. The smallest absolute Gasteiger partial charge is 0.319 e. The first-order chi connectivity index (χ1) is 9.58. The van der Waals surface area contributed by atoms with Gasteiger partial charge in [0.05, 0.1) is 26.3 Å². The lowest BCUT2D eigenvalue weighted by molar-refractivity contribution is -0.136. The maximum Gasteiger partial charge on any atom is 0.319 e. The Balaban J connectivity index is 1.86. The van der Waals surface area contributed by atoms with Crippen LogP contribution in [0.25, 0.3) is 0 Å². The van der Waals surface area contributed by atoms with E-state index in [9.17, 15) is 13.6 Å². The fraction of sp³-hybridized carbons (Fsp3) is 0.667. The number of carbonyl (C=O) groups excluding carboxylic acids is 1. The van der Waals surface area contributed by atoms with Gasteiger partial charge in [-0.3, -0.25) is 14.3 Å². The number of amides is 1. The molecule has 8 heteroatoms. The summed E-state index contributed by atoms with van der Waals surface area (Å²) < 4.78 is 31.3. The number of hydrogen-bond acceptors (Lipinski definition) is 4. The Morgan fingerprint density at radius 1 is 1.50 bits per heavy atom. The van der Waals surface area contributed by atoms with E-state index in [1.54, 1.807) is 16.8 Å². The Bertz CT molecular complexity index is 446. The molecule has 0 N–H and O–H groups in total. The van der Waals surface area contributed by atoms with E-state index in [0.717, 1.165) is 4.57 Å². The summed E-state index contributed by atoms with van der Waals surface area (Å²) in [5.41, 5.74) is 0. The highest BCUT2D eigenvalue weighted by atomic mass is 19.3. The topological polar surface area (TPSA) is 50.6 Å². The van der Waals surface area contributed by atoms with Gasteiger partial charge in [0.15, 0.2) is 0 Å². The molecular formula is C12H18F2N4O2. The number of imidazole rings is 1. The molecule has 1 aliphatic rings. The van der Waals surface area contributed by atoms with Crippen molar-refractivity contribution < 1.29 is 18.3 Å². The number of morpholine rings is 1. The summed E-state index contributed by atoms with van der Waals surface area (Å²) in [6.07, 6.45) is 2.57. The fourth-order valence-corrected chi connectivity index (χ4v) is 2.09. The molecular weight excluding hydrogens is 270 g/mol. The van der Waals surface area contributed by atoms with E-state index in [0.29, 0.717) is 26.3 Å². The van der Waals surface area contributed by atoms with Crippen molar-refractivity contribution in [3.05, 3.63) is 18.2 Å². The van der Waals surface area contributed by atoms with Gasteiger partial charge in [-0.05, 0) is 7.05 Å². The monoisotopic (exact) mass is 288 g/mol. The molecule has 0 radical (unpaired) electrons. The van der Waals surface area contributed by atoms with Gasteiger partial charge in [0.25, 0.3) is 0 Å². The van der Waals surface area contributed by atoms with Crippen LogP contribution >= 0.6 is 0 Å². The van der Waals surface area contributed by atoms with E-state index in [1.165, 1.54) is 12.4 Å². The largest absolute Gasteiger partial charge is 0.378 e. The lowest BCUT2D eigenvalue weighted by atomic mass is 10.3. The zero-order chi connectivity index (χ0) is 14.5. The summed E-state index contributed by atoms with van der Waals surface area (Å²) in [6.45, 7) is 0.0206. The number of rotatable bonds is 5. The van der Waals surface area contributed by atoms with E-state index in [1.807, 2.05) is 0 Å². The van der Waals surface area contributed by atoms with Crippen LogP contribution < -0.4 is 0 Å². The molecule has 2 rings (SSSR count). The zero-order valence-electron chi connectivity index (χ0n) is 11.3. The first-order valence-corrected chi connectivity index (χ1v) is 6.42. The highest BCUT2D eigenvalue weighted by Crippen LogP contribution is 2.13. The molecule has 0 unspecified atom stereocenters. The van der Waals surface area contributed by atoms with Gasteiger partial charge in [0, 0.05) is 25.5 Å². The SMILES string of the molecule is CN(CC(=O)N1CCOCC1)Cc1nccn1C(F)F. The molecule has 112 valence electrons. The number of carbonyl (C=O) groups is 1. The van der Waals surface area contributed by atoms with E-state index in [2.05, 4.69) is 4.98 Å². The lowest BCUT2D eigenvalue weighted by Crippen LogP contribution is -2.45. The van der Waals surface area contributed by atoms with Crippen molar-refractivity contribution in [1.29, 1.82) is 0 Å². The van der Waals surface area contributed by atoms with Gasteiger partial charge in [-0.2, -0.15) is 8.78 Å². The summed E-state index contributed by atoms with van der Waals surface area (Å²) in [6, 6.07) is 0. The van der Waals surface area contributed by atoms with E-state index < -0.39 is 6.55 Å². The van der Waals surface area contributed by atoms with Crippen molar-refractivity contribution in [3.63, 3.8) is 0 Å². The average Bonchev–Trinajstić information content (AvgIpc) is 2.87. The summed E-state index contributed by atoms with van der Waals surface area (Å²) in [4.78, 5) is 19.3. The highest BCUT2D eigenvalue weighted by molar-refractivity contribution is 5.78. The third-order valence-corrected chi connectivity index (χ3v) is 3.14. The quantitative estimate of drug-likeness (QED) is 0.795. The number of aromatic nitrogens is 2. The molecule has 2 heterocycles. The van der Waals surface area contributed by atoms with Crippen LogP contribution in [0.4, 0.5) is 8.78 Å². The summed E-state index contributed by atoms with van der Waals surface area (Å²) in [7, 11) is 1.71. The van der Waals surface area contributed by atoms with E-state index in [4.69, 9.17) is 4.74 Å². The number of likely N-dealkylation sites (N-methyl/N-ethyl adjacent to an activating group) is 1. The molecule has 0 aliphatic carbocycles. The van der Waals surface area contributed by atoms with E-state index >= 15 is 0 Å². The molecule has 1 saturated heterocycles. The Morgan fingerprint density at radius 3 is 2.85 bits per heavy atom. The molecule has 20 heavy (non-hydrogen) atoms. The second kappa shape index (κ2) is 6.76. The average molecular weight is 288 g/mol. The van der Waals surface area contributed by atoms with Crippen molar-refractivity contribution >= 4 is 5.91 Å². The Labute approximate surface area is 115 Å². The molecule has 0 bridgehead atoms. The summed E-state index contributed by atoms with van der Waals surface area (Å²) in [5, 5.41) is 0. The number of ether oxygens (including phenoxy) is 1. The Morgan fingerprint density at radius 2 is 2.20 bits per heavy atom. The fourth-order valence-electron chi connectivity index (χ4n) is 2.09. The van der Waals surface area contributed by atoms with Crippen LogP contribution in [0.5, 0.6) is 0 Å². The predicted molar refractivity (Wildman–Crippen MR) is 67.2 cm³/mol. The minimum absolute atomic E-state index is 0.0223. The Hall–Kier alpha value is -1.54. The van der Waals surface area contributed by atoms with E-state index in [-0.39, 0.29) is 24.8 Å². The number of hydrogen-bond donors (Lipinski definition) is 0. The molecule has 1 aliphatic heterocycles. The van der Waals surface area contributed by atoms with Crippen LogP contribution in [0.1, 0.15) is 12.4 Å². The number of halogens is 2. The lowest BCUT2D eigenvalue weighted by Gasteiger charge is -2.28. The minimum Gasteiger partial charge on any atom is -0.378 e. The van der Waals surface area contributed by atoms with Gasteiger partial charge in [-0.25, -0.2) is 4.98 Å². The Kier molecular flexibility index (Phi) is 5.02. The molecule has 1 aromatic heterocycles. The molecule has 1 amide bonds. The predicted octanol–water partition coefficient (Wildman–Crippen LogP) is 0.569. The van der Waals surface area contributed by atoms with Gasteiger partial charge < -0.3 is 9.64 Å². The second-order valence-electron chi connectivity index (χ2n) is 4.69. The van der Waals surface area contributed by atoms with Gasteiger partial charge in [-0.15, -0.1) is 0 Å². The van der Waals surface area contributed by atoms with Crippen LogP contribution in [-0.2, 0) is 16.1 Å². The normalized spacial score (nSPS) is 16.1. The molecule has 6 nitrogen and oxygen atoms in total. The van der Waals surface area contributed by atoms with Gasteiger partial charge in [0.1, 0.15) is 5.82 Å². The number of nitrogens with zero attached hydrogens (tertiary/aromatic N) is 4. The van der Waals surface area contributed by atoms with Crippen molar-refractivity contribution in [2.75, 3.05) is 39.9 Å². The molecule has 1 aromatic rings. The second-order valence-corrected chi connectivity index (χ2v) is 4.69. The summed E-state index contributed by atoms with van der Waals surface area (Å²) in [5.74, 6) is 0.225. The van der Waals surface area contributed by atoms with Crippen molar-refractivity contribution in [2.45, 2.75) is 13.1 Å². The third-order valence-electron chi connectivity index (χ3n) is 3.14. The first-order valence-electron chi connectivity index (χ1n) is 6.42. The van der Waals surface area contributed by atoms with Crippen molar-refractivity contribution in [1.82, 2.24) is 19.4 Å². The third kappa shape index (κ3) is 3.73. The van der Waals surface area contributed by atoms with Crippen molar-refractivity contribution in [3.8, 4) is 0 Å². The van der Waals surface area contributed by atoms with Crippen LogP contribution in [0.2, 0.25) is 0 Å². The maximum atomic E-state index is 12.7. The first kappa shape index (κ1) is 14.9. The molecule has 0 aromatic carbocycles. The molecule has 0 spiro atoms. The molecule has 1 fully saturated rings. The van der Waals surface area contributed by atoms with Crippen LogP contribution in [0.15, 0.2) is 12.4 Å². The minimum atomic E-state index is -2.61. The highest BCUT2D eigenvalue weighted by Gasteiger charge is 2.19. The van der Waals surface area contributed by atoms with Crippen molar-refractivity contribution in [2.24, 2.45) is 0 Å². The number of alkyl halides is 2.